The summed E-state index contributed by atoms with van der Waals surface area (Å²) in [6.45, 7) is 0. The molecular formula is C22H17IO3. The summed E-state index contributed by atoms with van der Waals surface area (Å²) in [6.07, 6.45) is 3.99. The molecule has 0 heterocycles. The molecule has 0 saturated heterocycles. The number of Topliss-reactive ketones (excluding diaryl/α,β-unsaturated/α-hetero) is 1. The van der Waals surface area contributed by atoms with Crippen molar-refractivity contribution in [3.63, 3.8) is 0 Å². The molecule has 0 amide bonds. The molecule has 3 rings (SSSR count). The second kappa shape index (κ2) is 7.95. The Morgan fingerprint density at radius 1 is 0.769 bits per heavy atom. The van der Waals surface area contributed by atoms with Gasteiger partial charge in [-0.05, 0) is 62.4 Å². The van der Waals surface area contributed by atoms with Crippen molar-refractivity contribution in [1.29, 1.82) is 0 Å². The van der Waals surface area contributed by atoms with Crippen LogP contribution in [0.5, 0.6) is 0 Å². The Labute approximate surface area is 165 Å². The zero-order chi connectivity index (χ0) is 18.6. The zero-order valence-corrected chi connectivity index (χ0v) is 16.0. The lowest BCUT2D eigenvalue weighted by molar-refractivity contribution is -0.0335. The normalized spacial score (nSPS) is 13.0. The standard InChI is InChI=1S/C22H17IO3/c23-22(25,26)21(24)19-12-11-18(13-16-7-3-1-4-8-16)20(15-19)14-17-9-5-2-6-10-17/h1-15,25-26H. The maximum Gasteiger partial charge on any atom is 0.282 e. The van der Waals surface area contributed by atoms with Gasteiger partial charge in [0.2, 0.25) is 5.78 Å². The van der Waals surface area contributed by atoms with Gasteiger partial charge in [-0.15, -0.1) is 0 Å². The third-order valence-electron chi connectivity index (χ3n) is 3.88. The number of halogens is 1. The van der Waals surface area contributed by atoms with E-state index in [1.807, 2.05) is 78.9 Å². The first kappa shape index (κ1) is 18.5. The Morgan fingerprint density at radius 3 is 1.77 bits per heavy atom. The van der Waals surface area contributed by atoms with Gasteiger partial charge >= 0.3 is 0 Å². The van der Waals surface area contributed by atoms with Crippen LogP contribution in [0.4, 0.5) is 0 Å². The topological polar surface area (TPSA) is 57.5 Å². The summed E-state index contributed by atoms with van der Waals surface area (Å²) in [4.78, 5) is 12.2. The number of carbonyl (C=O) groups is 1. The highest BCUT2D eigenvalue weighted by atomic mass is 127. The molecule has 0 atom stereocenters. The third-order valence-corrected chi connectivity index (χ3v) is 4.37. The Balaban J connectivity index is 2.21. The quantitative estimate of drug-likeness (QED) is 0.275. The molecule has 0 aliphatic heterocycles. The summed E-state index contributed by atoms with van der Waals surface area (Å²) in [5.74, 6) is -0.743. The van der Waals surface area contributed by atoms with Crippen molar-refractivity contribution in [2.45, 2.75) is 3.79 Å². The molecular weight excluding hydrogens is 439 g/mol. The molecule has 0 unspecified atom stereocenters. The van der Waals surface area contributed by atoms with Crippen molar-refractivity contribution >= 4 is 40.5 Å². The molecule has 2 N–H and O–H groups in total. The van der Waals surface area contributed by atoms with E-state index >= 15 is 0 Å². The number of alkyl halides is 1. The average Bonchev–Trinajstić information content (AvgIpc) is 2.63. The Kier molecular flexibility index (Phi) is 5.66. The van der Waals surface area contributed by atoms with Gasteiger partial charge in [-0.2, -0.15) is 0 Å². The van der Waals surface area contributed by atoms with Gasteiger partial charge in [-0.25, -0.2) is 0 Å². The number of ketones is 1. The summed E-state index contributed by atoms with van der Waals surface area (Å²) in [5.41, 5.74) is 2.28. The van der Waals surface area contributed by atoms with E-state index in [9.17, 15) is 15.0 Å². The fourth-order valence-electron chi connectivity index (χ4n) is 2.61. The lowest BCUT2D eigenvalue weighted by atomic mass is 10.0. The number of benzene rings is 3. The summed E-state index contributed by atoms with van der Waals surface area (Å²) in [5, 5.41) is 21.0. The number of hydrogen-bond acceptors (Lipinski definition) is 3. The monoisotopic (exact) mass is 456 g/mol. The zero-order valence-electron chi connectivity index (χ0n) is 13.8. The van der Waals surface area contributed by atoms with Crippen LogP contribution in [0.2, 0.25) is 0 Å². The van der Waals surface area contributed by atoms with Crippen LogP contribution in [-0.4, -0.2) is 19.8 Å². The molecule has 130 valence electrons. The molecule has 3 aromatic rings. The van der Waals surface area contributed by atoms with Gasteiger partial charge in [0.1, 0.15) is 0 Å². The number of hydrogen-bond donors (Lipinski definition) is 2. The lowest BCUT2D eigenvalue weighted by Gasteiger charge is -2.12. The van der Waals surface area contributed by atoms with Crippen molar-refractivity contribution < 1.29 is 15.0 Å². The highest BCUT2D eigenvalue weighted by molar-refractivity contribution is 14.1. The van der Waals surface area contributed by atoms with Crippen LogP contribution < -0.4 is 10.4 Å². The summed E-state index contributed by atoms with van der Waals surface area (Å²) >= 11 is 1.31. The first-order valence-electron chi connectivity index (χ1n) is 8.05. The maximum atomic E-state index is 12.2. The minimum Gasteiger partial charge on any atom is -0.352 e. The van der Waals surface area contributed by atoms with Gasteiger partial charge < -0.3 is 10.2 Å². The maximum absolute atomic E-state index is 12.2. The highest BCUT2D eigenvalue weighted by Crippen LogP contribution is 2.16. The van der Waals surface area contributed by atoms with Crippen molar-refractivity contribution in [2.24, 2.45) is 0 Å². The number of aliphatic hydroxyl groups is 2. The van der Waals surface area contributed by atoms with Gasteiger partial charge in [0.15, 0.2) is 0 Å². The first-order chi connectivity index (χ1) is 12.4. The molecule has 0 saturated carbocycles. The minimum atomic E-state index is -2.42. The smallest absolute Gasteiger partial charge is 0.282 e. The Hall–Kier alpha value is -2.28. The van der Waals surface area contributed by atoms with E-state index in [-0.39, 0.29) is 5.56 Å². The fraction of sp³-hybridized carbons (Fsp3) is 0.0455. The summed E-state index contributed by atoms with van der Waals surface area (Å²) in [7, 11) is 0. The molecule has 26 heavy (non-hydrogen) atoms. The fourth-order valence-corrected chi connectivity index (χ4v) is 2.93. The molecule has 0 bridgehead atoms. The molecule has 0 aliphatic carbocycles. The molecule has 3 aromatic carbocycles. The predicted molar refractivity (Wildman–Crippen MR) is 111 cm³/mol. The van der Waals surface area contributed by atoms with Crippen LogP contribution in [0.1, 0.15) is 21.5 Å². The third kappa shape index (κ3) is 4.66. The van der Waals surface area contributed by atoms with Gasteiger partial charge in [-0.3, -0.25) is 4.79 Å². The second-order valence-corrected chi connectivity index (χ2v) is 7.37. The van der Waals surface area contributed by atoms with Crippen LogP contribution in [0.15, 0.2) is 78.9 Å². The highest BCUT2D eigenvalue weighted by Gasteiger charge is 2.30. The molecule has 0 fully saturated rings. The molecule has 0 spiro atoms. The van der Waals surface area contributed by atoms with E-state index in [1.54, 1.807) is 12.1 Å². The lowest BCUT2D eigenvalue weighted by Crippen LogP contribution is -2.33. The molecule has 3 nitrogen and oxygen atoms in total. The van der Waals surface area contributed by atoms with E-state index in [1.165, 1.54) is 22.6 Å². The first-order valence-corrected chi connectivity index (χ1v) is 9.13. The van der Waals surface area contributed by atoms with Crippen molar-refractivity contribution in [1.82, 2.24) is 0 Å². The summed E-state index contributed by atoms with van der Waals surface area (Å²) < 4.78 is -2.42. The van der Waals surface area contributed by atoms with Gasteiger partial charge in [0.05, 0.1) is 0 Å². The van der Waals surface area contributed by atoms with Gasteiger partial charge in [-0.1, -0.05) is 72.8 Å². The van der Waals surface area contributed by atoms with Crippen LogP contribution in [0, 0.1) is 0 Å². The molecule has 0 aromatic heterocycles. The largest absolute Gasteiger partial charge is 0.352 e. The molecule has 0 aliphatic rings. The average molecular weight is 456 g/mol. The Morgan fingerprint density at radius 2 is 1.27 bits per heavy atom. The van der Waals surface area contributed by atoms with Crippen LogP contribution >= 0.6 is 22.6 Å². The molecule has 0 radical (unpaired) electrons. The van der Waals surface area contributed by atoms with E-state index in [2.05, 4.69) is 0 Å². The SMILES string of the molecule is O=C(c1ccc(=Cc2ccccc2)c(=Cc2ccccc2)c1)C(O)(O)I. The van der Waals surface area contributed by atoms with Crippen LogP contribution in [-0.2, 0) is 0 Å². The molecule has 4 heteroatoms. The van der Waals surface area contributed by atoms with E-state index in [4.69, 9.17) is 0 Å². The van der Waals surface area contributed by atoms with Crippen LogP contribution in [0.3, 0.4) is 0 Å². The van der Waals surface area contributed by atoms with E-state index < -0.39 is 9.58 Å². The number of carbonyl (C=O) groups excluding carboxylic acids is 1. The van der Waals surface area contributed by atoms with E-state index in [0.717, 1.165) is 21.6 Å². The minimum absolute atomic E-state index is 0.247. The van der Waals surface area contributed by atoms with Crippen molar-refractivity contribution in [2.75, 3.05) is 0 Å². The number of rotatable bonds is 4. The van der Waals surface area contributed by atoms with Gasteiger partial charge in [0, 0.05) is 5.56 Å². The van der Waals surface area contributed by atoms with Crippen molar-refractivity contribution in [3.05, 3.63) is 106 Å². The van der Waals surface area contributed by atoms with Crippen LogP contribution in [0.25, 0.3) is 12.2 Å². The summed E-state index contributed by atoms with van der Waals surface area (Å²) in [6, 6.07) is 24.8. The van der Waals surface area contributed by atoms with Crippen molar-refractivity contribution in [3.8, 4) is 0 Å². The second-order valence-electron chi connectivity index (χ2n) is 5.87. The van der Waals surface area contributed by atoms with Gasteiger partial charge in [0.25, 0.3) is 3.79 Å². The predicted octanol–water partition coefficient (Wildman–Crippen LogP) is 2.60. The Bertz CT molecular complexity index is 1020. The van der Waals surface area contributed by atoms with E-state index in [0.29, 0.717) is 0 Å².